The van der Waals surface area contributed by atoms with Crippen molar-refractivity contribution in [2.24, 2.45) is 5.92 Å². The van der Waals surface area contributed by atoms with Crippen molar-refractivity contribution in [3.8, 4) is 0 Å². The predicted octanol–water partition coefficient (Wildman–Crippen LogP) is 2.00. The van der Waals surface area contributed by atoms with Crippen LogP contribution in [-0.4, -0.2) is 32.3 Å². The molecule has 1 heterocycles. The lowest BCUT2D eigenvalue weighted by Gasteiger charge is -2.22. The van der Waals surface area contributed by atoms with Gasteiger partial charge in [-0.15, -0.1) is 0 Å². The predicted molar refractivity (Wildman–Crippen MR) is 69.0 cm³/mol. The molecule has 18 heavy (non-hydrogen) atoms. The van der Waals surface area contributed by atoms with E-state index in [1.807, 2.05) is 6.92 Å². The van der Waals surface area contributed by atoms with Crippen LogP contribution in [-0.2, 0) is 14.3 Å². The summed E-state index contributed by atoms with van der Waals surface area (Å²) in [5, 5.41) is 3.37. The number of fused-ring (bicyclic) bond motifs is 1. The Kier molecular flexibility index (Phi) is 4.64. The van der Waals surface area contributed by atoms with E-state index in [1.54, 1.807) is 7.11 Å². The minimum absolute atomic E-state index is 0.149. The zero-order valence-corrected chi connectivity index (χ0v) is 11.3. The molecule has 0 aromatic rings. The molecule has 1 N–H and O–H groups in total. The van der Waals surface area contributed by atoms with Crippen molar-refractivity contribution in [2.45, 2.75) is 45.1 Å². The second-order valence-electron chi connectivity index (χ2n) is 4.97. The number of carbonyl (C=O) groups is 1. The highest BCUT2D eigenvalue weighted by Gasteiger charge is 2.35. The summed E-state index contributed by atoms with van der Waals surface area (Å²) < 4.78 is 10.7. The van der Waals surface area contributed by atoms with Gasteiger partial charge in [-0.1, -0.05) is 12.8 Å². The van der Waals surface area contributed by atoms with Gasteiger partial charge in [0.25, 0.3) is 0 Å². The quantitative estimate of drug-likeness (QED) is 0.782. The lowest BCUT2D eigenvalue weighted by atomic mass is 9.88. The van der Waals surface area contributed by atoms with E-state index in [1.165, 1.54) is 12.8 Å². The first kappa shape index (κ1) is 13.4. The third-order valence-electron chi connectivity index (χ3n) is 3.90. The molecule has 2 atom stereocenters. The van der Waals surface area contributed by atoms with Crippen LogP contribution in [0.4, 0.5) is 0 Å². The van der Waals surface area contributed by atoms with Gasteiger partial charge in [0.2, 0.25) is 0 Å². The first-order valence-corrected chi connectivity index (χ1v) is 6.94. The SMILES string of the molecule is CCOC(=O)/C1=C2\NC[C@H](OC)[C@H]2CCCCC1. The van der Waals surface area contributed by atoms with Crippen molar-refractivity contribution in [1.82, 2.24) is 5.32 Å². The van der Waals surface area contributed by atoms with E-state index in [-0.39, 0.29) is 12.1 Å². The summed E-state index contributed by atoms with van der Waals surface area (Å²) in [6.07, 6.45) is 5.60. The maximum atomic E-state index is 12.0. The van der Waals surface area contributed by atoms with Gasteiger partial charge in [0.1, 0.15) is 0 Å². The molecule has 0 saturated carbocycles. The molecule has 0 radical (unpaired) electrons. The summed E-state index contributed by atoms with van der Waals surface area (Å²) in [4.78, 5) is 12.0. The van der Waals surface area contributed by atoms with Crippen molar-refractivity contribution in [3.05, 3.63) is 11.3 Å². The van der Waals surface area contributed by atoms with Crippen LogP contribution < -0.4 is 5.32 Å². The Hall–Kier alpha value is -1.03. The lowest BCUT2D eigenvalue weighted by Crippen LogP contribution is -2.22. The molecular formula is C14H23NO3. The molecule has 0 unspecified atom stereocenters. The van der Waals surface area contributed by atoms with Gasteiger partial charge in [-0.25, -0.2) is 4.79 Å². The van der Waals surface area contributed by atoms with E-state index in [2.05, 4.69) is 5.32 Å². The number of ether oxygens (including phenoxy) is 2. The molecule has 4 heteroatoms. The molecule has 0 spiro atoms. The molecule has 0 aromatic carbocycles. The van der Waals surface area contributed by atoms with Gasteiger partial charge < -0.3 is 14.8 Å². The van der Waals surface area contributed by atoms with E-state index in [0.717, 1.165) is 37.1 Å². The van der Waals surface area contributed by atoms with E-state index in [4.69, 9.17) is 9.47 Å². The third kappa shape index (κ3) is 2.69. The monoisotopic (exact) mass is 253 g/mol. The second-order valence-corrected chi connectivity index (χ2v) is 4.97. The molecule has 2 aliphatic rings. The molecule has 0 aromatic heterocycles. The fraction of sp³-hybridized carbons (Fsp3) is 0.786. The number of nitrogens with one attached hydrogen (secondary N) is 1. The summed E-state index contributed by atoms with van der Waals surface area (Å²) in [5.74, 6) is 0.193. The molecule has 1 aliphatic carbocycles. The molecule has 102 valence electrons. The van der Waals surface area contributed by atoms with Crippen LogP contribution in [0, 0.1) is 5.92 Å². The Balaban J connectivity index is 2.25. The molecule has 0 amide bonds. The summed E-state index contributed by atoms with van der Waals surface area (Å²) in [6.45, 7) is 3.09. The Bertz CT molecular complexity index is 338. The van der Waals surface area contributed by atoms with Gasteiger partial charge in [0, 0.05) is 25.3 Å². The average Bonchev–Trinajstić information content (AvgIpc) is 2.71. The maximum Gasteiger partial charge on any atom is 0.335 e. The molecular weight excluding hydrogens is 230 g/mol. The Morgan fingerprint density at radius 3 is 2.94 bits per heavy atom. The first-order valence-electron chi connectivity index (χ1n) is 6.94. The molecule has 4 nitrogen and oxygen atoms in total. The smallest absolute Gasteiger partial charge is 0.335 e. The normalized spacial score (nSPS) is 32.1. The minimum Gasteiger partial charge on any atom is -0.463 e. The van der Waals surface area contributed by atoms with Gasteiger partial charge in [0.05, 0.1) is 18.3 Å². The van der Waals surface area contributed by atoms with Gasteiger partial charge in [-0.05, 0) is 26.2 Å². The van der Waals surface area contributed by atoms with E-state index >= 15 is 0 Å². The van der Waals surface area contributed by atoms with Crippen molar-refractivity contribution in [1.29, 1.82) is 0 Å². The maximum absolute atomic E-state index is 12.0. The minimum atomic E-state index is -0.149. The van der Waals surface area contributed by atoms with Gasteiger partial charge in [-0.2, -0.15) is 0 Å². The highest BCUT2D eigenvalue weighted by atomic mass is 16.5. The highest BCUT2D eigenvalue weighted by molar-refractivity contribution is 5.89. The summed E-state index contributed by atoms with van der Waals surface area (Å²) in [7, 11) is 1.75. The van der Waals surface area contributed by atoms with Gasteiger partial charge >= 0.3 is 5.97 Å². The average molecular weight is 253 g/mol. The van der Waals surface area contributed by atoms with E-state index < -0.39 is 0 Å². The topological polar surface area (TPSA) is 47.6 Å². The number of carbonyl (C=O) groups excluding carboxylic acids is 1. The zero-order chi connectivity index (χ0) is 13.0. The van der Waals surface area contributed by atoms with Crippen molar-refractivity contribution in [2.75, 3.05) is 20.3 Å². The fourth-order valence-electron chi connectivity index (χ4n) is 2.99. The Labute approximate surface area is 109 Å². The molecule has 1 aliphatic heterocycles. The number of rotatable bonds is 3. The number of hydrogen-bond acceptors (Lipinski definition) is 4. The van der Waals surface area contributed by atoms with E-state index in [9.17, 15) is 4.79 Å². The van der Waals surface area contributed by atoms with Crippen LogP contribution in [0.15, 0.2) is 11.3 Å². The summed E-state index contributed by atoms with van der Waals surface area (Å²) in [5.41, 5.74) is 1.93. The standard InChI is InChI=1S/C14H23NO3/c1-3-18-14(16)11-8-6-4-5-7-10-12(17-2)9-15-13(10)11/h10,12,15H,3-9H2,1-2H3/b13-11-/t10-,12+/m1/s1. The Morgan fingerprint density at radius 2 is 2.22 bits per heavy atom. The summed E-state index contributed by atoms with van der Waals surface area (Å²) >= 11 is 0. The van der Waals surface area contributed by atoms with Crippen LogP contribution >= 0.6 is 0 Å². The van der Waals surface area contributed by atoms with Crippen molar-refractivity contribution >= 4 is 5.97 Å². The van der Waals surface area contributed by atoms with Crippen LogP contribution in [0.3, 0.4) is 0 Å². The van der Waals surface area contributed by atoms with Crippen molar-refractivity contribution in [3.63, 3.8) is 0 Å². The number of hydrogen-bond donors (Lipinski definition) is 1. The molecule has 1 fully saturated rings. The largest absolute Gasteiger partial charge is 0.463 e. The molecule has 1 saturated heterocycles. The first-order chi connectivity index (χ1) is 8.77. The zero-order valence-electron chi connectivity index (χ0n) is 11.3. The number of methoxy groups -OCH3 is 1. The fourth-order valence-corrected chi connectivity index (χ4v) is 2.99. The van der Waals surface area contributed by atoms with Gasteiger partial charge in [0.15, 0.2) is 0 Å². The van der Waals surface area contributed by atoms with Crippen molar-refractivity contribution < 1.29 is 14.3 Å². The molecule has 0 bridgehead atoms. The lowest BCUT2D eigenvalue weighted by molar-refractivity contribution is -0.138. The van der Waals surface area contributed by atoms with Crippen LogP contribution in [0.2, 0.25) is 0 Å². The van der Waals surface area contributed by atoms with Crippen LogP contribution in [0.25, 0.3) is 0 Å². The third-order valence-corrected chi connectivity index (χ3v) is 3.90. The van der Waals surface area contributed by atoms with Crippen LogP contribution in [0.1, 0.15) is 39.0 Å². The highest BCUT2D eigenvalue weighted by Crippen LogP contribution is 2.33. The second kappa shape index (κ2) is 6.23. The Morgan fingerprint density at radius 1 is 1.39 bits per heavy atom. The van der Waals surface area contributed by atoms with Crippen LogP contribution in [0.5, 0.6) is 0 Å². The summed E-state index contributed by atoms with van der Waals surface area (Å²) in [6, 6.07) is 0. The van der Waals surface area contributed by atoms with Gasteiger partial charge in [-0.3, -0.25) is 0 Å². The van der Waals surface area contributed by atoms with E-state index in [0.29, 0.717) is 12.5 Å². The number of esters is 1. The molecule has 2 rings (SSSR count).